The number of halogens is 2. The van der Waals surface area contributed by atoms with Crippen LogP contribution in [0.25, 0.3) is 11.4 Å². The Morgan fingerprint density at radius 1 is 1.28 bits per heavy atom. The fourth-order valence-corrected chi connectivity index (χ4v) is 2.89. The van der Waals surface area contributed by atoms with E-state index >= 15 is 0 Å². The van der Waals surface area contributed by atoms with Gasteiger partial charge >= 0.3 is 0 Å². The van der Waals surface area contributed by atoms with Crippen LogP contribution < -0.4 is 5.48 Å². The Labute approximate surface area is 144 Å². The van der Waals surface area contributed by atoms with E-state index in [0.29, 0.717) is 11.4 Å². The van der Waals surface area contributed by atoms with Gasteiger partial charge in [-0.25, -0.2) is 14.3 Å². The SMILES string of the molecule is Cn1c(Sc2c(F)cc(C(=O)NO)cc2F)nnc1-c1cccnc1. The number of hydrogen-bond donors (Lipinski definition) is 2. The van der Waals surface area contributed by atoms with Gasteiger partial charge in [-0.2, -0.15) is 0 Å². The lowest BCUT2D eigenvalue weighted by atomic mass is 10.2. The molecule has 2 N–H and O–H groups in total. The summed E-state index contributed by atoms with van der Waals surface area (Å²) in [5.41, 5.74) is 1.70. The first-order valence-corrected chi connectivity index (χ1v) is 7.74. The molecule has 3 aromatic rings. The van der Waals surface area contributed by atoms with E-state index in [4.69, 9.17) is 5.21 Å². The highest BCUT2D eigenvalue weighted by atomic mass is 32.2. The van der Waals surface area contributed by atoms with E-state index in [-0.39, 0.29) is 15.6 Å². The van der Waals surface area contributed by atoms with Crippen LogP contribution in [0.3, 0.4) is 0 Å². The van der Waals surface area contributed by atoms with Gasteiger partial charge in [0, 0.05) is 30.6 Å². The summed E-state index contributed by atoms with van der Waals surface area (Å²) in [6, 6.07) is 5.18. The summed E-state index contributed by atoms with van der Waals surface area (Å²) in [5, 5.41) is 16.8. The number of benzene rings is 1. The summed E-state index contributed by atoms with van der Waals surface area (Å²) in [7, 11) is 1.66. The zero-order valence-corrected chi connectivity index (χ0v) is 13.6. The minimum absolute atomic E-state index is 0.260. The number of hydrogen-bond acceptors (Lipinski definition) is 6. The third-order valence-electron chi connectivity index (χ3n) is 3.31. The van der Waals surface area contributed by atoms with Crippen molar-refractivity contribution >= 4 is 17.7 Å². The topological polar surface area (TPSA) is 92.9 Å². The highest BCUT2D eigenvalue weighted by molar-refractivity contribution is 7.99. The van der Waals surface area contributed by atoms with Crippen LogP contribution in [-0.2, 0) is 7.05 Å². The van der Waals surface area contributed by atoms with Gasteiger partial charge in [-0.15, -0.1) is 10.2 Å². The van der Waals surface area contributed by atoms with E-state index in [9.17, 15) is 13.6 Å². The van der Waals surface area contributed by atoms with Gasteiger partial charge in [-0.3, -0.25) is 15.0 Å². The first kappa shape index (κ1) is 17.0. The van der Waals surface area contributed by atoms with Crippen molar-refractivity contribution in [3.8, 4) is 11.4 Å². The Bertz CT molecular complexity index is 910. The molecule has 0 unspecified atom stereocenters. The first-order chi connectivity index (χ1) is 12.0. The lowest BCUT2D eigenvalue weighted by Crippen LogP contribution is -2.19. The Kier molecular flexibility index (Phi) is 4.72. The van der Waals surface area contributed by atoms with Gasteiger partial charge in [-0.1, -0.05) is 0 Å². The van der Waals surface area contributed by atoms with Crippen molar-refractivity contribution in [2.24, 2.45) is 7.05 Å². The molecule has 0 radical (unpaired) electrons. The summed E-state index contributed by atoms with van der Waals surface area (Å²) in [5.74, 6) is -2.41. The normalized spacial score (nSPS) is 10.7. The maximum absolute atomic E-state index is 14.2. The van der Waals surface area contributed by atoms with E-state index in [0.717, 1.165) is 23.9 Å². The molecule has 128 valence electrons. The minimum atomic E-state index is -1.01. The number of amides is 1. The summed E-state index contributed by atoms with van der Waals surface area (Å²) in [6.45, 7) is 0. The smallest absolute Gasteiger partial charge is 0.274 e. The molecule has 1 amide bonds. The van der Waals surface area contributed by atoms with Crippen molar-refractivity contribution in [2.45, 2.75) is 10.1 Å². The molecule has 0 spiro atoms. The fourth-order valence-electron chi connectivity index (χ4n) is 2.09. The molecule has 0 aliphatic heterocycles. The number of rotatable bonds is 4. The number of carbonyl (C=O) groups is 1. The lowest BCUT2D eigenvalue weighted by Gasteiger charge is -2.07. The predicted molar refractivity (Wildman–Crippen MR) is 84.0 cm³/mol. The Morgan fingerprint density at radius 3 is 2.60 bits per heavy atom. The van der Waals surface area contributed by atoms with Crippen LogP contribution in [0, 0.1) is 11.6 Å². The average molecular weight is 363 g/mol. The maximum atomic E-state index is 14.2. The molecular formula is C15H11F2N5O2S. The molecule has 0 saturated heterocycles. The van der Waals surface area contributed by atoms with E-state index in [1.807, 2.05) is 0 Å². The molecule has 0 atom stereocenters. The number of nitrogens with one attached hydrogen (secondary N) is 1. The van der Waals surface area contributed by atoms with E-state index in [1.54, 1.807) is 36.1 Å². The molecule has 1 aromatic carbocycles. The quantitative estimate of drug-likeness (QED) is 0.546. The standard InChI is InChI=1S/C15H11F2N5O2S/c1-22-13(8-3-2-4-18-7-8)19-20-15(22)25-12-10(16)5-9(6-11(12)17)14(23)21-24/h2-7,24H,1H3,(H,21,23). The molecule has 7 nitrogen and oxygen atoms in total. The van der Waals surface area contributed by atoms with Crippen LogP contribution in [0.4, 0.5) is 8.78 Å². The van der Waals surface area contributed by atoms with Crippen molar-refractivity contribution in [1.82, 2.24) is 25.2 Å². The molecule has 2 heterocycles. The molecule has 10 heteroatoms. The largest absolute Gasteiger partial charge is 0.305 e. The van der Waals surface area contributed by atoms with Gasteiger partial charge in [0.15, 0.2) is 11.0 Å². The van der Waals surface area contributed by atoms with Crippen LogP contribution >= 0.6 is 11.8 Å². The number of nitrogens with zero attached hydrogens (tertiary/aromatic N) is 4. The second kappa shape index (κ2) is 6.95. The van der Waals surface area contributed by atoms with Gasteiger partial charge in [0.2, 0.25) is 0 Å². The average Bonchev–Trinajstić information content (AvgIpc) is 2.98. The molecular weight excluding hydrogens is 352 g/mol. The highest BCUT2D eigenvalue weighted by Gasteiger charge is 2.19. The van der Waals surface area contributed by atoms with Crippen molar-refractivity contribution in [3.05, 3.63) is 53.9 Å². The Morgan fingerprint density at radius 2 is 2.00 bits per heavy atom. The third-order valence-corrected chi connectivity index (χ3v) is 4.44. The number of hydroxylamine groups is 1. The zero-order valence-electron chi connectivity index (χ0n) is 12.8. The second-order valence-corrected chi connectivity index (χ2v) is 5.90. The molecule has 0 saturated carbocycles. The van der Waals surface area contributed by atoms with E-state index in [2.05, 4.69) is 15.2 Å². The molecule has 0 aliphatic rings. The molecule has 3 rings (SSSR count). The maximum Gasteiger partial charge on any atom is 0.274 e. The predicted octanol–water partition coefficient (Wildman–Crippen LogP) is 2.43. The van der Waals surface area contributed by atoms with Crippen molar-refractivity contribution < 1.29 is 18.8 Å². The molecule has 2 aromatic heterocycles. The van der Waals surface area contributed by atoms with Crippen molar-refractivity contribution in [2.75, 3.05) is 0 Å². The lowest BCUT2D eigenvalue weighted by molar-refractivity contribution is 0.0705. The zero-order chi connectivity index (χ0) is 18.0. The molecule has 0 fully saturated rings. The number of aromatic nitrogens is 4. The van der Waals surface area contributed by atoms with Gasteiger partial charge < -0.3 is 4.57 Å². The summed E-state index contributed by atoms with van der Waals surface area (Å²) in [4.78, 5) is 14.9. The Hall–Kier alpha value is -2.85. The van der Waals surface area contributed by atoms with Crippen molar-refractivity contribution in [3.63, 3.8) is 0 Å². The van der Waals surface area contributed by atoms with Crippen LogP contribution in [0.15, 0.2) is 46.7 Å². The number of pyridine rings is 1. The van der Waals surface area contributed by atoms with Gasteiger partial charge in [0.05, 0.1) is 4.90 Å². The minimum Gasteiger partial charge on any atom is -0.305 e. The van der Waals surface area contributed by atoms with Gasteiger partial charge in [0.1, 0.15) is 11.6 Å². The van der Waals surface area contributed by atoms with E-state index < -0.39 is 17.5 Å². The fraction of sp³-hybridized carbons (Fsp3) is 0.0667. The Balaban J connectivity index is 1.94. The van der Waals surface area contributed by atoms with Crippen LogP contribution in [0.5, 0.6) is 0 Å². The van der Waals surface area contributed by atoms with Crippen LogP contribution in [-0.4, -0.2) is 30.9 Å². The van der Waals surface area contributed by atoms with E-state index in [1.165, 1.54) is 5.48 Å². The highest BCUT2D eigenvalue weighted by Crippen LogP contribution is 2.33. The second-order valence-electron chi connectivity index (χ2n) is 4.92. The summed E-state index contributed by atoms with van der Waals surface area (Å²) < 4.78 is 29.9. The van der Waals surface area contributed by atoms with Gasteiger partial charge in [0.25, 0.3) is 5.91 Å². The third kappa shape index (κ3) is 3.35. The summed E-state index contributed by atoms with van der Waals surface area (Å²) in [6.07, 6.45) is 3.21. The van der Waals surface area contributed by atoms with Crippen molar-refractivity contribution in [1.29, 1.82) is 0 Å². The van der Waals surface area contributed by atoms with Gasteiger partial charge in [-0.05, 0) is 36.0 Å². The number of carbonyl (C=O) groups excluding carboxylic acids is 1. The molecule has 25 heavy (non-hydrogen) atoms. The van der Waals surface area contributed by atoms with Crippen LogP contribution in [0.2, 0.25) is 0 Å². The molecule has 0 bridgehead atoms. The summed E-state index contributed by atoms with van der Waals surface area (Å²) >= 11 is 0.736. The molecule has 0 aliphatic carbocycles. The monoisotopic (exact) mass is 363 g/mol. The first-order valence-electron chi connectivity index (χ1n) is 6.92. The van der Waals surface area contributed by atoms with Crippen LogP contribution in [0.1, 0.15) is 10.4 Å².